The molecular formula is C10H15N3O3. The van der Waals surface area contributed by atoms with E-state index in [4.69, 9.17) is 15.9 Å². The third-order valence-electron chi connectivity index (χ3n) is 2.92. The van der Waals surface area contributed by atoms with Crippen LogP contribution in [-0.2, 0) is 24.4 Å². The van der Waals surface area contributed by atoms with Gasteiger partial charge in [-0.2, -0.15) is 0 Å². The maximum absolute atomic E-state index is 10.8. The number of aliphatic carboxylic acids is 1. The van der Waals surface area contributed by atoms with Crippen molar-refractivity contribution in [2.75, 3.05) is 0 Å². The summed E-state index contributed by atoms with van der Waals surface area (Å²) in [7, 11) is 0. The minimum absolute atomic E-state index is 0.165. The van der Waals surface area contributed by atoms with Crippen LogP contribution in [0.3, 0.4) is 0 Å². The maximum atomic E-state index is 10.8. The van der Waals surface area contributed by atoms with Crippen LogP contribution in [0.5, 0.6) is 0 Å². The van der Waals surface area contributed by atoms with Gasteiger partial charge in [0.25, 0.3) is 0 Å². The number of aliphatic hydroxyl groups is 1. The predicted octanol–water partition coefficient (Wildman–Crippen LogP) is -0.204. The fourth-order valence-corrected chi connectivity index (χ4v) is 2.12. The Morgan fingerprint density at radius 1 is 1.56 bits per heavy atom. The molecule has 0 amide bonds. The smallest absolute Gasteiger partial charge is 0.328 e. The van der Waals surface area contributed by atoms with Crippen LogP contribution in [0.4, 0.5) is 0 Å². The molecular weight excluding hydrogens is 210 g/mol. The van der Waals surface area contributed by atoms with Gasteiger partial charge in [-0.25, -0.2) is 4.98 Å². The standard InChI is InChI=1S/C10H15N3O3/c11-8(10(15)16)9-12-6(5-14)7-3-1-2-4-13(7)9/h8,14H,1-5,11H2,(H,15,16). The number of hydrogen-bond acceptors (Lipinski definition) is 4. The molecule has 0 bridgehead atoms. The molecule has 0 aliphatic carbocycles. The van der Waals surface area contributed by atoms with Crippen LogP contribution < -0.4 is 5.73 Å². The van der Waals surface area contributed by atoms with Gasteiger partial charge in [0.1, 0.15) is 5.82 Å². The van der Waals surface area contributed by atoms with Crippen molar-refractivity contribution in [3.63, 3.8) is 0 Å². The Morgan fingerprint density at radius 3 is 2.94 bits per heavy atom. The lowest BCUT2D eigenvalue weighted by Crippen LogP contribution is -2.26. The second kappa shape index (κ2) is 4.23. The molecule has 1 aliphatic heterocycles. The molecule has 6 heteroatoms. The number of imidazole rings is 1. The first-order valence-corrected chi connectivity index (χ1v) is 5.32. The second-order valence-electron chi connectivity index (χ2n) is 3.95. The van der Waals surface area contributed by atoms with Crippen LogP contribution in [0.1, 0.15) is 36.1 Å². The Balaban J connectivity index is 2.45. The first-order chi connectivity index (χ1) is 7.65. The third kappa shape index (κ3) is 1.70. The molecule has 0 aromatic carbocycles. The number of nitrogens with two attached hydrogens (primary N) is 1. The number of fused-ring (bicyclic) bond motifs is 1. The number of aliphatic hydroxyl groups excluding tert-OH is 1. The van der Waals surface area contributed by atoms with E-state index < -0.39 is 12.0 Å². The summed E-state index contributed by atoms with van der Waals surface area (Å²) in [6.07, 6.45) is 2.86. The molecule has 1 aliphatic rings. The molecule has 1 unspecified atom stereocenters. The van der Waals surface area contributed by atoms with Gasteiger partial charge >= 0.3 is 5.97 Å². The first kappa shape index (κ1) is 11.1. The van der Waals surface area contributed by atoms with Crippen LogP contribution in [0.2, 0.25) is 0 Å². The molecule has 0 saturated carbocycles. The lowest BCUT2D eigenvalue weighted by Gasteiger charge is -2.18. The van der Waals surface area contributed by atoms with E-state index in [2.05, 4.69) is 4.98 Å². The minimum atomic E-state index is -1.11. The lowest BCUT2D eigenvalue weighted by molar-refractivity contribution is -0.138. The van der Waals surface area contributed by atoms with E-state index in [9.17, 15) is 4.79 Å². The molecule has 0 saturated heterocycles. The highest BCUT2D eigenvalue weighted by Gasteiger charge is 2.26. The molecule has 6 nitrogen and oxygen atoms in total. The van der Waals surface area contributed by atoms with Crippen LogP contribution in [-0.4, -0.2) is 25.7 Å². The van der Waals surface area contributed by atoms with Gasteiger partial charge in [0.2, 0.25) is 0 Å². The molecule has 0 radical (unpaired) electrons. The maximum Gasteiger partial charge on any atom is 0.328 e. The predicted molar refractivity (Wildman–Crippen MR) is 55.7 cm³/mol. The molecule has 0 spiro atoms. The zero-order valence-electron chi connectivity index (χ0n) is 8.89. The quantitative estimate of drug-likeness (QED) is 0.661. The van der Waals surface area contributed by atoms with Crippen molar-refractivity contribution in [1.82, 2.24) is 9.55 Å². The first-order valence-electron chi connectivity index (χ1n) is 5.32. The highest BCUT2D eigenvalue weighted by Crippen LogP contribution is 2.23. The van der Waals surface area contributed by atoms with E-state index in [-0.39, 0.29) is 6.61 Å². The van der Waals surface area contributed by atoms with Crippen molar-refractivity contribution in [1.29, 1.82) is 0 Å². The van der Waals surface area contributed by atoms with E-state index in [1.54, 1.807) is 0 Å². The molecule has 2 heterocycles. The minimum Gasteiger partial charge on any atom is -0.480 e. The summed E-state index contributed by atoms with van der Waals surface area (Å²) in [5, 5.41) is 18.0. The lowest BCUT2D eigenvalue weighted by atomic mass is 10.1. The van der Waals surface area contributed by atoms with Crippen molar-refractivity contribution in [3.8, 4) is 0 Å². The van der Waals surface area contributed by atoms with Gasteiger partial charge in [0.15, 0.2) is 6.04 Å². The van der Waals surface area contributed by atoms with Gasteiger partial charge in [0, 0.05) is 12.2 Å². The van der Waals surface area contributed by atoms with E-state index in [0.717, 1.165) is 31.5 Å². The molecule has 88 valence electrons. The third-order valence-corrected chi connectivity index (χ3v) is 2.92. The van der Waals surface area contributed by atoms with Gasteiger partial charge in [-0.1, -0.05) is 0 Å². The van der Waals surface area contributed by atoms with Crippen molar-refractivity contribution in [2.45, 2.75) is 38.5 Å². The van der Waals surface area contributed by atoms with Crippen molar-refractivity contribution < 1.29 is 15.0 Å². The second-order valence-corrected chi connectivity index (χ2v) is 3.95. The number of carboxylic acid groups (broad SMARTS) is 1. The fraction of sp³-hybridized carbons (Fsp3) is 0.600. The molecule has 16 heavy (non-hydrogen) atoms. The average Bonchev–Trinajstić information content (AvgIpc) is 2.66. The van der Waals surface area contributed by atoms with Crippen LogP contribution in [0.15, 0.2) is 0 Å². The van der Waals surface area contributed by atoms with Crippen molar-refractivity contribution in [3.05, 3.63) is 17.2 Å². The summed E-state index contributed by atoms with van der Waals surface area (Å²) in [5.74, 6) is -0.742. The van der Waals surface area contributed by atoms with Gasteiger partial charge < -0.3 is 20.5 Å². The van der Waals surface area contributed by atoms with Gasteiger partial charge in [-0.05, 0) is 19.3 Å². The highest BCUT2D eigenvalue weighted by atomic mass is 16.4. The zero-order valence-corrected chi connectivity index (χ0v) is 8.89. The van der Waals surface area contributed by atoms with Crippen LogP contribution in [0.25, 0.3) is 0 Å². The SMILES string of the molecule is NC(C(=O)O)c1nc(CO)c2n1CCCC2. The Morgan fingerprint density at radius 2 is 2.31 bits per heavy atom. The van der Waals surface area contributed by atoms with E-state index in [1.807, 2.05) is 4.57 Å². The molecule has 0 fully saturated rings. The average molecular weight is 225 g/mol. The summed E-state index contributed by atoms with van der Waals surface area (Å²) in [6.45, 7) is 0.570. The summed E-state index contributed by atoms with van der Waals surface area (Å²) < 4.78 is 1.84. The summed E-state index contributed by atoms with van der Waals surface area (Å²) in [4.78, 5) is 15.0. The van der Waals surface area contributed by atoms with Gasteiger partial charge in [-0.15, -0.1) is 0 Å². The molecule has 4 N–H and O–H groups in total. The molecule has 1 aromatic heterocycles. The van der Waals surface area contributed by atoms with Crippen LogP contribution >= 0.6 is 0 Å². The van der Waals surface area contributed by atoms with Gasteiger partial charge in [-0.3, -0.25) is 4.79 Å². The Bertz CT molecular complexity index is 414. The van der Waals surface area contributed by atoms with E-state index >= 15 is 0 Å². The number of hydrogen-bond donors (Lipinski definition) is 3. The summed E-state index contributed by atoms with van der Waals surface area (Å²) in [5.41, 5.74) is 7.06. The molecule has 1 atom stereocenters. The van der Waals surface area contributed by atoms with Crippen molar-refractivity contribution in [2.24, 2.45) is 5.73 Å². The number of carbonyl (C=O) groups is 1. The monoisotopic (exact) mass is 225 g/mol. The Hall–Kier alpha value is -1.40. The number of carboxylic acids is 1. The number of rotatable bonds is 3. The van der Waals surface area contributed by atoms with E-state index in [0.29, 0.717) is 11.5 Å². The molecule has 1 aromatic rings. The topological polar surface area (TPSA) is 101 Å². The Kier molecular flexibility index (Phi) is 2.93. The normalized spacial score (nSPS) is 16.9. The summed E-state index contributed by atoms with van der Waals surface area (Å²) in [6, 6.07) is -1.11. The number of aromatic nitrogens is 2. The highest BCUT2D eigenvalue weighted by molar-refractivity contribution is 5.74. The summed E-state index contributed by atoms with van der Waals surface area (Å²) >= 11 is 0. The van der Waals surface area contributed by atoms with Crippen molar-refractivity contribution >= 4 is 5.97 Å². The number of nitrogens with zero attached hydrogens (tertiary/aromatic N) is 2. The molecule has 2 rings (SSSR count). The Labute approximate surface area is 92.7 Å². The fourth-order valence-electron chi connectivity index (χ4n) is 2.12. The largest absolute Gasteiger partial charge is 0.480 e. The van der Waals surface area contributed by atoms with Crippen LogP contribution in [0, 0.1) is 0 Å². The zero-order chi connectivity index (χ0) is 11.7. The van der Waals surface area contributed by atoms with Gasteiger partial charge in [0.05, 0.1) is 12.3 Å². The van der Waals surface area contributed by atoms with E-state index in [1.165, 1.54) is 0 Å².